The van der Waals surface area contributed by atoms with Crippen molar-refractivity contribution in [3.8, 4) is 28.4 Å². The van der Waals surface area contributed by atoms with Gasteiger partial charge in [-0.15, -0.1) is 0 Å². The highest BCUT2D eigenvalue weighted by Gasteiger charge is 2.33. The number of nitrogens with zero attached hydrogens (tertiary/aromatic N) is 6. The third kappa shape index (κ3) is 5.68. The van der Waals surface area contributed by atoms with Gasteiger partial charge in [0.15, 0.2) is 11.4 Å². The average molecular weight is 556 g/mol. The highest BCUT2D eigenvalue weighted by molar-refractivity contribution is 5.75. The van der Waals surface area contributed by atoms with Crippen molar-refractivity contribution >= 4 is 5.65 Å². The minimum Gasteiger partial charge on any atom is -0.493 e. The van der Waals surface area contributed by atoms with Gasteiger partial charge in [-0.05, 0) is 68.3 Å². The molecule has 2 aliphatic heterocycles. The van der Waals surface area contributed by atoms with Crippen LogP contribution >= 0.6 is 0 Å². The molecule has 4 aromatic rings. The Labute approximate surface area is 229 Å². The zero-order chi connectivity index (χ0) is 27.7. The fraction of sp³-hybridized carbons (Fsp3) is 0.500. The maximum Gasteiger partial charge on any atom is 0.393 e. The Morgan fingerprint density at radius 2 is 1.90 bits per heavy atom. The van der Waals surface area contributed by atoms with Gasteiger partial charge in [-0.3, -0.25) is 10.1 Å². The number of fused-ring (bicyclic) bond motifs is 1. The standard InChI is InChI=1S/C28H32F3N7O2/c1-39-24-12-21(16-38-27(24)33-17-34-38)25-22(13-28(29,30)31)26(36-35-25)23-3-2-20(14-32-23)19-4-8-37(9-5-19)15-18-6-10-40-11-7-18/h2-3,12,14,16-19H,4-11,13,15H2,1H3,(H,35,36). The molecule has 2 fully saturated rings. The van der Waals surface area contributed by atoms with E-state index < -0.39 is 12.6 Å². The zero-order valence-corrected chi connectivity index (χ0v) is 22.3. The van der Waals surface area contributed by atoms with E-state index in [0.717, 1.165) is 70.0 Å². The Morgan fingerprint density at radius 3 is 2.60 bits per heavy atom. The van der Waals surface area contributed by atoms with Crippen molar-refractivity contribution in [1.82, 2.24) is 34.7 Å². The first kappa shape index (κ1) is 26.7. The number of likely N-dealkylation sites (tertiary alicyclic amines) is 1. The minimum atomic E-state index is -4.44. The molecule has 0 radical (unpaired) electrons. The van der Waals surface area contributed by atoms with E-state index >= 15 is 0 Å². The molecule has 9 nitrogen and oxygen atoms in total. The van der Waals surface area contributed by atoms with Gasteiger partial charge in [0.1, 0.15) is 6.33 Å². The summed E-state index contributed by atoms with van der Waals surface area (Å²) in [6, 6.07) is 5.40. The lowest BCUT2D eigenvalue weighted by atomic mass is 9.89. The second kappa shape index (κ2) is 11.2. The van der Waals surface area contributed by atoms with E-state index in [1.54, 1.807) is 24.5 Å². The van der Waals surface area contributed by atoms with E-state index in [9.17, 15) is 13.2 Å². The summed E-state index contributed by atoms with van der Waals surface area (Å²) in [6.07, 6.45) is 3.53. The first-order chi connectivity index (χ1) is 19.4. The number of methoxy groups -OCH3 is 1. The van der Waals surface area contributed by atoms with E-state index in [0.29, 0.717) is 28.6 Å². The van der Waals surface area contributed by atoms with Crippen molar-refractivity contribution in [2.45, 2.75) is 44.2 Å². The number of pyridine rings is 2. The van der Waals surface area contributed by atoms with E-state index in [1.807, 2.05) is 6.07 Å². The molecule has 2 aliphatic rings. The molecule has 6 heterocycles. The number of nitrogens with one attached hydrogen (secondary N) is 1. The van der Waals surface area contributed by atoms with Gasteiger partial charge in [-0.25, -0.2) is 9.50 Å². The quantitative estimate of drug-likeness (QED) is 0.347. The van der Waals surface area contributed by atoms with Gasteiger partial charge in [-0.1, -0.05) is 6.07 Å². The third-order valence-electron chi connectivity index (χ3n) is 8.04. The van der Waals surface area contributed by atoms with Crippen LogP contribution < -0.4 is 4.74 Å². The van der Waals surface area contributed by atoms with Crippen molar-refractivity contribution in [2.75, 3.05) is 40.0 Å². The van der Waals surface area contributed by atoms with Crippen LogP contribution in [0.4, 0.5) is 13.2 Å². The highest BCUT2D eigenvalue weighted by Crippen LogP contribution is 2.37. The van der Waals surface area contributed by atoms with Crippen LogP contribution in [0.5, 0.6) is 5.75 Å². The van der Waals surface area contributed by atoms with Crippen molar-refractivity contribution in [1.29, 1.82) is 0 Å². The summed E-state index contributed by atoms with van der Waals surface area (Å²) in [5.74, 6) is 1.50. The smallest absolute Gasteiger partial charge is 0.393 e. The predicted octanol–water partition coefficient (Wildman–Crippen LogP) is 4.90. The maximum atomic E-state index is 13.7. The normalized spacial score (nSPS) is 18.0. The predicted molar refractivity (Wildman–Crippen MR) is 142 cm³/mol. The molecule has 0 atom stereocenters. The monoisotopic (exact) mass is 555 g/mol. The van der Waals surface area contributed by atoms with Crippen LogP contribution in [0, 0.1) is 5.92 Å². The summed E-state index contributed by atoms with van der Waals surface area (Å²) in [6.45, 7) is 4.96. The van der Waals surface area contributed by atoms with Crippen molar-refractivity contribution < 1.29 is 22.6 Å². The number of halogens is 3. The van der Waals surface area contributed by atoms with Gasteiger partial charge in [0, 0.05) is 43.3 Å². The Bertz CT molecular complexity index is 1440. The van der Waals surface area contributed by atoms with Crippen LogP contribution in [0.3, 0.4) is 0 Å². The van der Waals surface area contributed by atoms with Gasteiger partial charge in [0.2, 0.25) is 0 Å². The van der Waals surface area contributed by atoms with E-state index in [-0.39, 0.29) is 17.0 Å². The number of ether oxygens (including phenoxy) is 2. The minimum absolute atomic E-state index is 0.0238. The lowest BCUT2D eigenvalue weighted by molar-refractivity contribution is -0.127. The summed E-state index contributed by atoms with van der Waals surface area (Å²) in [5, 5.41) is 11.2. The number of aromatic amines is 1. The molecule has 0 spiro atoms. The number of rotatable bonds is 7. The average Bonchev–Trinajstić information content (AvgIpc) is 3.60. The molecule has 0 unspecified atom stereocenters. The molecule has 0 bridgehead atoms. The van der Waals surface area contributed by atoms with Gasteiger partial charge in [0.25, 0.3) is 0 Å². The van der Waals surface area contributed by atoms with E-state index in [2.05, 4.69) is 30.2 Å². The van der Waals surface area contributed by atoms with Crippen molar-refractivity contribution in [2.24, 2.45) is 5.92 Å². The molecule has 1 N–H and O–H groups in total. The van der Waals surface area contributed by atoms with Crippen LogP contribution in [0.2, 0.25) is 0 Å². The number of hydrogen-bond donors (Lipinski definition) is 1. The molecule has 0 amide bonds. The number of hydrogen-bond acceptors (Lipinski definition) is 7. The second-order valence-corrected chi connectivity index (χ2v) is 10.7. The van der Waals surface area contributed by atoms with Crippen LogP contribution in [0.25, 0.3) is 28.3 Å². The van der Waals surface area contributed by atoms with Crippen molar-refractivity contribution in [3.63, 3.8) is 0 Å². The first-order valence-corrected chi connectivity index (χ1v) is 13.7. The van der Waals surface area contributed by atoms with E-state index in [4.69, 9.17) is 9.47 Å². The van der Waals surface area contributed by atoms with Crippen molar-refractivity contribution in [3.05, 3.63) is 48.0 Å². The highest BCUT2D eigenvalue weighted by atomic mass is 19.4. The van der Waals surface area contributed by atoms with Crippen LogP contribution in [-0.2, 0) is 11.2 Å². The number of aromatic nitrogens is 6. The molecule has 212 valence electrons. The van der Waals surface area contributed by atoms with Gasteiger partial charge in [0.05, 0.1) is 30.6 Å². The number of piperidine rings is 1. The van der Waals surface area contributed by atoms with Crippen LogP contribution in [0.15, 0.2) is 36.9 Å². The van der Waals surface area contributed by atoms with Crippen LogP contribution in [0.1, 0.15) is 42.7 Å². The van der Waals surface area contributed by atoms with E-state index in [1.165, 1.54) is 18.0 Å². The molecule has 0 aromatic carbocycles. The molecule has 0 saturated carbocycles. The van der Waals surface area contributed by atoms with Crippen LogP contribution in [-0.4, -0.2) is 80.8 Å². The number of alkyl halides is 3. The number of H-pyrrole nitrogens is 1. The Balaban J connectivity index is 1.22. The topological polar surface area (TPSA) is 93.5 Å². The Morgan fingerprint density at radius 1 is 1.10 bits per heavy atom. The van der Waals surface area contributed by atoms with Gasteiger partial charge in [-0.2, -0.15) is 23.4 Å². The molecule has 6 rings (SSSR count). The lowest BCUT2D eigenvalue weighted by Gasteiger charge is -2.35. The maximum absolute atomic E-state index is 13.7. The second-order valence-electron chi connectivity index (χ2n) is 10.7. The first-order valence-electron chi connectivity index (χ1n) is 13.7. The fourth-order valence-corrected chi connectivity index (χ4v) is 5.90. The van der Waals surface area contributed by atoms with Gasteiger partial charge < -0.3 is 14.4 Å². The molecular formula is C28H32F3N7O2. The molecule has 40 heavy (non-hydrogen) atoms. The summed E-state index contributed by atoms with van der Waals surface area (Å²) in [5.41, 5.74) is 2.89. The summed E-state index contributed by atoms with van der Waals surface area (Å²) in [7, 11) is 1.47. The van der Waals surface area contributed by atoms with Gasteiger partial charge >= 0.3 is 6.18 Å². The molecule has 2 saturated heterocycles. The summed E-state index contributed by atoms with van der Waals surface area (Å²) >= 11 is 0. The molecular weight excluding hydrogens is 523 g/mol. The molecule has 0 aliphatic carbocycles. The summed E-state index contributed by atoms with van der Waals surface area (Å²) < 4.78 is 53.5. The zero-order valence-electron chi connectivity index (χ0n) is 22.3. The molecule has 4 aromatic heterocycles. The Hall–Kier alpha value is -3.51. The summed E-state index contributed by atoms with van der Waals surface area (Å²) in [4.78, 5) is 11.3. The lowest BCUT2D eigenvalue weighted by Crippen LogP contribution is -2.38. The Kier molecular flexibility index (Phi) is 7.45. The molecule has 12 heteroatoms. The fourth-order valence-electron chi connectivity index (χ4n) is 5.90. The SMILES string of the molecule is COc1cc(-c2n[nH]c(-c3ccc(C4CCN(CC5CCOCC5)CC4)cn3)c2CC(F)(F)F)cn2ncnc12. The third-order valence-corrected chi connectivity index (χ3v) is 8.04. The largest absolute Gasteiger partial charge is 0.493 e.